The first-order valence-corrected chi connectivity index (χ1v) is 11.2. The van der Waals surface area contributed by atoms with Gasteiger partial charge in [0.25, 0.3) is 5.91 Å². The van der Waals surface area contributed by atoms with Gasteiger partial charge in [-0.2, -0.15) is 0 Å². The van der Waals surface area contributed by atoms with Crippen LogP contribution in [0.4, 0.5) is 9.18 Å². The number of nitrogens with zero attached hydrogens (tertiary/aromatic N) is 2. The van der Waals surface area contributed by atoms with Gasteiger partial charge in [-0.15, -0.1) is 12.4 Å². The number of carbonyl (C=O) groups excluding carboxylic acids is 2. The van der Waals surface area contributed by atoms with Crippen LogP contribution in [0.15, 0.2) is 54.7 Å². The number of nitrogens with one attached hydrogen (secondary N) is 2. The molecule has 178 valence electrons. The summed E-state index contributed by atoms with van der Waals surface area (Å²) in [6.45, 7) is 1.85. The fourth-order valence-electron chi connectivity index (χ4n) is 3.98. The standard InChI is InChI=1S/C23H20FIN4O4.ClH/c1-12(13-5-3-2-4-6-13)20(29-22(32)17(10-19(30)31)28-23(29)33)21-26-11-18(27-21)15-8-7-14(25)9-16(15)24;/h2-9,11-12,17,20H,10H2,1H3,(H,26,27)(H,28,33)(H,30,31);1H/t12-,17+,20-;/m0./s1. The summed E-state index contributed by atoms with van der Waals surface area (Å²) in [6, 6.07) is 11.3. The van der Waals surface area contributed by atoms with Crippen molar-refractivity contribution in [2.24, 2.45) is 0 Å². The molecule has 0 radical (unpaired) electrons. The zero-order chi connectivity index (χ0) is 23.7. The number of aromatic amines is 1. The Morgan fingerprint density at radius 3 is 2.59 bits per heavy atom. The summed E-state index contributed by atoms with van der Waals surface area (Å²) in [5.41, 5.74) is 1.56. The van der Waals surface area contributed by atoms with Crippen LogP contribution >= 0.6 is 35.0 Å². The monoisotopic (exact) mass is 598 g/mol. The van der Waals surface area contributed by atoms with Gasteiger partial charge in [0.05, 0.1) is 18.3 Å². The number of halogens is 3. The number of hydrogen-bond donors (Lipinski definition) is 3. The molecule has 3 atom stereocenters. The summed E-state index contributed by atoms with van der Waals surface area (Å²) >= 11 is 2.02. The Balaban J connectivity index is 0.00000324. The molecule has 4 rings (SSSR count). The second-order valence-electron chi connectivity index (χ2n) is 7.76. The van der Waals surface area contributed by atoms with E-state index in [1.165, 1.54) is 12.3 Å². The lowest BCUT2D eigenvalue weighted by atomic mass is 9.91. The first-order valence-electron chi connectivity index (χ1n) is 10.2. The third-order valence-corrected chi connectivity index (χ3v) is 6.28. The number of H-pyrrole nitrogens is 1. The van der Waals surface area contributed by atoms with Crippen LogP contribution < -0.4 is 5.32 Å². The second kappa shape index (κ2) is 10.5. The first-order chi connectivity index (χ1) is 15.8. The van der Waals surface area contributed by atoms with Crippen LogP contribution in [0.3, 0.4) is 0 Å². The molecule has 1 aliphatic heterocycles. The maximum absolute atomic E-state index is 14.5. The van der Waals surface area contributed by atoms with Crippen LogP contribution in [0, 0.1) is 9.39 Å². The molecule has 3 N–H and O–H groups in total. The van der Waals surface area contributed by atoms with E-state index >= 15 is 0 Å². The molecular formula is C23H21ClFIN4O4. The highest BCUT2D eigenvalue weighted by Gasteiger charge is 2.46. The molecule has 1 aliphatic rings. The van der Waals surface area contributed by atoms with Crippen molar-refractivity contribution < 1.29 is 23.9 Å². The van der Waals surface area contributed by atoms with E-state index in [4.69, 9.17) is 5.11 Å². The largest absolute Gasteiger partial charge is 0.481 e. The first kappa shape index (κ1) is 25.6. The van der Waals surface area contributed by atoms with Gasteiger partial charge in [-0.3, -0.25) is 14.5 Å². The summed E-state index contributed by atoms with van der Waals surface area (Å²) < 4.78 is 15.3. The van der Waals surface area contributed by atoms with Crippen molar-refractivity contribution in [2.45, 2.75) is 31.3 Å². The fourth-order valence-corrected chi connectivity index (χ4v) is 4.43. The van der Waals surface area contributed by atoms with Crippen molar-refractivity contribution in [1.29, 1.82) is 0 Å². The minimum absolute atomic E-state index is 0. The molecule has 3 aromatic rings. The number of urea groups is 1. The summed E-state index contributed by atoms with van der Waals surface area (Å²) in [7, 11) is 0. The minimum Gasteiger partial charge on any atom is -0.481 e. The molecule has 1 aromatic heterocycles. The number of carbonyl (C=O) groups is 3. The van der Waals surface area contributed by atoms with Gasteiger partial charge in [0.15, 0.2) is 0 Å². The Bertz CT molecular complexity index is 1220. The molecule has 0 aliphatic carbocycles. The van der Waals surface area contributed by atoms with Gasteiger partial charge in [0, 0.05) is 15.1 Å². The Morgan fingerprint density at radius 2 is 1.94 bits per heavy atom. The molecule has 2 heterocycles. The van der Waals surface area contributed by atoms with Gasteiger partial charge in [-0.25, -0.2) is 14.2 Å². The molecule has 11 heteroatoms. The number of rotatable bonds is 7. The average molecular weight is 599 g/mol. The van der Waals surface area contributed by atoms with Crippen molar-refractivity contribution in [3.8, 4) is 11.3 Å². The van der Waals surface area contributed by atoms with E-state index in [9.17, 15) is 18.8 Å². The maximum atomic E-state index is 14.5. The summed E-state index contributed by atoms with van der Waals surface area (Å²) in [5, 5.41) is 11.6. The summed E-state index contributed by atoms with van der Waals surface area (Å²) in [5.74, 6) is -2.36. The Labute approximate surface area is 214 Å². The minimum atomic E-state index is -1.20. The molecule has 34 heavy (non-hydrogen) atoms. The molecule has 0 unspecified atom stereocenters. The Kier molecular flexibility index (Phi) is 7.93. The number of imidazole rings is 1. The van der Waals surface area contributed by atoms with Crippen molar-refractivity contribution in [1.82, 2.24) is 20.2 Å². The highest BCUT2D eigenvalue weighted by molar-refractivity contribution is 14.1. The van der Waals surface area contributed by atoms with Gasteiger partial charge < -0.3 is 15.4 Å². The molecule has 3 amide bonds. The molecule has 2 aromatic carbocycles. The normalized spacial score (nSPS) is 17.1. The zero-order valence-electron chi connectivity index (χ0n) is 17.9. The van der Waals surface area contributed by atoms with Gasteiger partial charge in [0.1, 0.15) is 23.7 Å². The van der Waals surface area contributed by atoms with Crippen molar-refractivity contribution in [3.63, 3.8) is 0 Å². The van der Waals surface area contributed by atoms with Crippen molar-refractivity contribution >= 4 is 52.9 Å². The number of carboxylic acids is 1. The van der Waals surface area contributed by atoms with E-state index in [0.717, 1.165) is 14.0 Å². The highest BCUT2D eigenvalue weighted by Crippen LogP contribution is 2.37. The zero-order valence-corrected chi connectivity index (χ0v) is 20.8. The molecule has 1 saturated heterocycles. The van der Waals surface area contributed by atoms with E-state index in [-0.39, 0.29) is 18.3 Å². The van der Waals surface area contributed by atoms with Crippen LogP contribution in [0.1, 0.15) is 36.7 Å². The average Bonchev–Trinajstić information content (AvgIpc) is 3.35. The molecular weight excluding hydrogens is 578 g/mol. The predicted octanol–water partition coefficient (Wildman–Crippen LogP) is 4.48. The topological polar surface area (TPSA) is 115 Å². The predicted molar refractivity (Wildman–Crippen MR) is 133 cm³/mol. The second-order valence-corrected chi connectivity index (χ2v) is 9.00. The van der Waals surface area contributed by atoms with Crippen molar-refractivity contribution in [3.05, 3.63) is 75.5 Å². The van der Waals surface area contributed by atoms with Gasteiger partial charge >= 0.3 is 12.0 Å². The van der Waals surface area contributed by atoms with Gasteiger partial charge in [0.2, 0.25) is 0 Å². The fraction of sp³-hybridized carbons (Fsp3) is 0.217. The number of imide groups is 1. The lowest BCUT2D eigenvalue weighted by molar-refractivity contribution is -0.140. The molecule has 0 spiro atoms. The molecule has 0 saturated carbocycles. The molecule has 8 nitrogen and oxygen atoms in total. The summed E-state index contributed by atoms with van der Waals surface area (Å²) in [6.07, 6.45) is 0.934. The third kappa shape index (κ3) is 5.07. The Hall–Kier alpha value is -2.99. The van der Waals surface area contributed by atoms with E-state index < -0.39 is 42.2 Å². The van der Waals surface area contributed by atoms with Crippen LogP contribution in [0.2, 0.25) is 0 Å². The number of carboxylic acid groups (broad SMARTS) is 1. The van der Waals surface area contributed by atoms with Crippen LogP contribution in [0.5, 0.6) is 0 Å². The lowest BCUT2D eigenvalue weighted by Crippen LogP contribution is -2.38. The highest BCUT2D eigenvalue weighted by atomic mass is 127. The van der Waals surface area contributed by atoms with E-state index in [1.54, 1.807) is 12.1 Å². The van der Waals surface area contributed by atoms with E-state index in [0.29, 0.717) is 17.1 Å². The van der Waals surface area contributed by atoms with Gasteiger partial charge in [-0.05, 0) is 46.4 Å². The molecule has 1 fully saturated rings. The van der Waals surface area contributed by atoms with Crippen LogP contribution in [-0.2, 0) is 9.59 Å². The SMILES string of the molecule is C[C@@H](c1ccccc1)[C@@H](c1ncc(-c2ccc(I)cc2F)[nH]1)N1C(=O)N[C@H](CC(=O)O)C1=O.Cl. The number of amides is 3. The van der Waals surface area contributed by atoms with E-state index in [2.05, 4.69) is 15.3 Å². The summed E-state index contributed by atoms with van der Waals surface area (Å²) in [4.78, 5) is 45.5. The quantitative estimate of drug-likeness (QED) is 0.274. The number of hydrogen-bond acceptors (Lipinski definition) is 4. The number of aromatic nitrogens is 2. The van der Waals surface area contributed by atoms with Crippen LogP contribution in [-0.4, -0.2) is 43.9 Å². The van der Waals surface area contributed by atoms with Crippen LogP contribution in [0.25, 0.3) is 11.3 Å². The maximum Gasteiger partial charge on any atom is 0.325 e. The smallest absolute Gasteiger partial charge is 0.325 e. The molecule has 0 bridgehead atoms. The third-order valence-electron chi connectivity index (χ3n) is 5.60. The Morgan fingerprint density at radius 1 is 1.24 bits per heavy atom. The van der Waals surface area contributed by atoms with E-state index in [1.807, 2.05) is 59.8 Å². The van der Waals surface area contributed by atoms with Gasteiger partial charge in [-0.1, -0.05) is 37.3 Å². The number of aliphatic carboxylic acids is 1. The van der Waals surface area contributed by atoms with Crippen molar-refractivity contribution in [2.75, 3.05) is 0 Å². The number of benzene rings is 2. The lowest BCUT2D eigenvalue weighted by Gasteiger charge is -2.29.